The Labute approximate surface area is 179 Å². The lowest BCUT2D eigenvalue weighted by molar-refractivity contribution is -0.137. The number of imide groups is 1. The highest BCUT2D eigenvalue weighted by Crippen LogP contribution is 2.34. The van der Waals surface area contributed by atoms with Gasteiger partial charge in [0.05, 0.1) is 17.5 Å². The topological polar surface area (TPSA) is 73.3 Å². The Kier molecular flexibility index (Phi) is 5.59. The molecular weight excluding hydrogens is 400 g/mol. The first kappa shape index (κ1) is 20.2. The zero-order valence-corrected chi connectivity index (χ0v) is 17.6. The molecule has 1 fully saturated rings. The summed E-state index contributed by atoms with van der Waals surface area (Å²) in [5, 5.41) is 5.64. The minimum atomic E-state index is -0.383. The molecule has 1 unspecified atom stereocenters. The van der Waals surface area contributed by atoms with E-state index in [1.807, 2.05) is 73.6 Å². The number of benzene rings is 2. The van der Waals surface area contributed by atoms with Gasteiger partial charge in [0.15, 0.2) is 0 Å². The number of hydrogen-bond donors (Lipinski definition) is 0. The third-order valence-electron chi connectivity index (χ3n) is 5.20. The first-order chi connectivity index (χ1) is 14.4. The van der Waals surface area contributed by atoms with Crippen LogP contribution in [0.5, 0.6) is 0 Å². The molecule has 8 heteroatoms. The van der Waals surface area contributed by atoms with E-state index < -0.39 is 0 Å². The molecule has 0 N–H and O–H groups in total. The summed E-state index contributed by atoms with van der Waals surface area (Å²) in [4.78, 5) is 40.0. The van der Waals surface area contributed by atoms with Gasteiger partial charge in [-0.3, -0.25) is 19.3 Å². The van der Waals surface area contributed by atoms with Crippen LogP contribution >= 0.6 is 11.8 Å². The zero-order valence-electron chi connectivity index (χ0n) is 16.8. The Hall–Kier alpha value is -3.13. The Balaban J connectivity index is 1.63. The lowest BCUT2D eigenvalue weighted by Crippen LogP contribution is -2.40. The number of rotatable bonds is 5. The Morgan fingerprint density at radius 1 is 1.10 bits per heavy atom. The van der Waals surface area contributed by atoms with Gasteiger partial charge in [-0.15, -0.1) is 0 Å². The van der Waals surface area contributed by atoms with Gasteiger partial charge in [-0.2, -0.15) is 5.10 Å². The normalized spacial score (nSPS) is 18.7. The molecule has 0 saturated carbocycles. The fourth-order valence-corrected chi connectivity index (χ4v) is 4.27. The lowest BCUT2D eigenvalue weighted by Gasteiger charge is -2.24. The number of amides is 3. The third-order valence-corrected chi connectivity index (χ3v) is 6.06. The van der Waals surface area contributed by atoms with Gasteiger partial charge in [-0.05, 0) is 23.3 Å². The van der Waals surface area contributed by atoms with Crippen molar-refractivity contribution in [2.24, 2.45) is 5.10 Å². The monoisotopic (exact) mass is 422 g/mol. The van der Waals surface area contributed by atoms with Gasteiger partial charge in [0.1, 0.15) is 6.54 Å². The van der Waals surface area contributed by atoms with E-state index in [0.29, 0.717) is 6.42 Å². The number of hydrazone groups is 1. The average Bonchev–Trinajstić information content (AvgIpc) is 3.34. The molecule has 30 heavy (non-hydrogen) atoms. The molecule has 0 aliphatic carbocycles. The molecule has 2 aromatic rings. The van der Waals surface area contributed by atoms with E-state index in [9.17, 15) is 14.4 Å². The van der Waals surface area contributed by atoms with Gasteiger partial charge in [0.2, 0.25) is 5.91 Å². The van der Waals surface area contributed by atoms with Gasteiger partial charge >= 0.3 is 0 Å². The van der Waals surface area contributed by atoms with Crippen molar-refractivity contribution in [2.45, 2.75) is 12.5 Å². The van der Waals surface area contributed by atoms with Crippen molar-refractivity contribution in [3.63, 3.8) is 0 Å². The maximum absolute atomic E-state index is 13.1. The molecule has 3 amide bonds. The van der Waals surface area contributed by atoms with Crippen LogP contribution in [0.3, 0.4) is 0 Å². The summed E-state index contributed by atoms with van der Waals surface area (Å²) in [5.74, 6) is -0.622. The minimum Gasteiger partial charge on any atom is -0.378 e. The van der Waals surface area contributed by atoms with E-state index in [2.05, 4.69) is 5.10 Å². The summed E-state index contributed by atoms with van der Waals surface area (Å²) < 4.78 is 0. The van der Waals surface area contributed by atoms with E-state index in [1.54, 1.807) is 0 Å². The first-order valence-electron chi connectivity index (χ1n) is 9.63. The third kappa shape index (κ3) is 3.95. The number of nitrogens with zero attached hydrogens (tertiary/aromatic N) is 4. The fourth-order valence-electron chi connectivity index (χ4n) is 3.54. The van der Waals surface area contributed by atoms with Crippen LogP contribution in [0.15, 0.2) is 59.7 Å². The first-order valence-corrected chi connectivity index (χ1v) is 10.6. The Morgan fingerprint density at radius 2 is 1.80 bits per heavy atom. The maximum atomic E-state index is 13.1. The molecule has 0 aromatic heterocycles. The summed E-state index contributed by atoms with van der Waals surface area (Å²) in [6.45, 7) is -0.289. The molecule has 7 nitrogen and oxygen atoms in total. The van der Waals surface area contributed by atoms with Crippen molar-refractivity contribution < 1.29 is 14.4 Å². The molecule has 1 saturated heterocycles. The highest BCUT2D eigenvalue weighted by molar-refractivity contribution is 8.14. The smallest absolute Gasteiger partial charge is 0.289 e. The van der Waals surface area contributed by atoms with E-state index in [-0.39, 0.29) is 35.4 Å². The van der Waals surface area contributed by atoms with Crippen LogP contribution in [0, 0.1) is 0 Å². The summed E-state index contributed by atoms with van der Waals surface area (Å²) in [7, 11) is 3.94. The zero-order chi connectivity index (χ0) is 21.3. The molecule has 2 aliphatic heterocycles. The lowest BCUT2D eigenvalue weighted by atomic mass is 9.98. The van der Waals surface area contributed by atoms with Gasteiger partial charge < -0.3 is 4.90 Å². The van der Waals surface area contributed by atoms with Crippen molar-refractivity contribution in [2.75, 3.05) is 31.3 Å². The van der Waals surface area contributed by atoms with Crippen LogP contribution in [0.1, 0.15) is 23.6 Å². The Morgan fingerprint density at radius 3 is 2.40 bits per heavy atom. The molecule has 154 valence electrons. The summed E-state index contributed by atoms with van der Waals surface area (Å²) in [6, 6.07) is 17.4. The van der Waals surface area contributed by atoms with Crippen molar-refractivity contribution in [1.82, 2.24) is 9.91 Å². The van der Waals surface area contributed by atoms with Gasteiger partial charge in [-0.25, -0.2) is 5.01 Å². The second kappa shape index (κ2) is 8.31. The molecule has 0 bridgehead atoms. The molecule has 2 aliphatic rings. The quantitative estimate of drug-likeness (QED) is 0.740. The fraction of sp³-hybridized carbons (Fsp3) is 0.273. The molecule has 0 spiro atoms. The summed E-state index contributed by atoms with van der Waals surface area (Å²) in [5.41, 5.74) is 3.77. The van der Waals surface area contributed by atoms with Crippen LogP contribution in [-0.2, 0) is 9.59 Å². The van der Waals surface area contributed by atoms with Crippen LogP contribution < -0.4 is 4.90 Å². The van der Waals surface area contributed by atoms with Crippen molar-refractivity contribution in [3.8, 4) is 0 Å². The molecule has 4 rings (SSSR count). The second-order valence-electron chi connectivity index (χ2n) is 7.39. The van der Waals surface area contributed by atoms with Gasteiger partial charge in [0, 0.05) is 26.2 Å². The van der Waals surface area contributed by atoms with Crippen molar-refractivity contribution >= 4 is 40.2 Å². The van der Waals surface area contributed by atoms with Crippen LogP contribution in [0.2, 0.25) is 0 Å². The maximum Gasteiger partial charge on any atom is 0.289 e. The highest BCUT2D eigenvalue weighted by Gasteiger charge is 2.37. The summed E-state index contributed by atoms with van der Waals surface area (Å²) >= 11 is 0.923. The van der Waals surface area contributed by atoms with Crippen LogP contribution in [0.4, 0.5) is 10.5 Å². The second-order valence-corrected chi connectivity index (χ2v) is 8.32. The van der Waals surface area contributed by atoms with E-state index in [1.165, 1.54) is 5.01 Å². The van der Waals surface area contributed by atoms with Crippen LogP contribution in [0.25, 0.3) is 0 Å². The molecule has 0 radical (unpaired) electrons. The predicted octanol–water partition coefficient (Wildman–Crippen LogP) is 3.13. The number of thioether (sulfide) groups is 1. The average molecular weight is 423 g/mol. The summed E-state index contributed by atoms with van der Waals surface area (Å²) in [6.07, 6.45) is 0.563. The number of carbonyl (C=O) groups excluding carboxylic acids is 3. The van der Waals surface area contributed by atoms with E-state index in [0.717, 1.165) is 39.2 Å². The molecule has 2 heterocycles. The van der Waals surface area contributed by atoms with E-state index >= 15 is 0 Å². The molecule has 2 aromatic carbocycles. The largest absolute Gasteiger partial charge is 0.378 e. The van der Waals surface area contributed by atoms with Gasteiger partial charge in [0.25, 0.3) is 11.1 Å². The molecule has 1 atom stereocenters. The molecular formula is C22H22N4O3S. The van der Waals surface area contributed by atoms with Crippen molar-refractivity contribution in [3.05, 3.63) is 65.7 Å². The van der Waals surface area contributed by atoms with Gasteiger partial charge in [-0.1, -0.05) is 54.2 Å². The minimum absolute atomic E-state index is 0.0834. The van der Waals surface area contributed by atoms with Crippen LogP contribution in [-0.4, -0.2) is 59.1 Å². The SMILES string of the molecule is CN(C)c1ccc(C2CC(c3ccccc3)=NN2C(=O)CN2C(=O)CSC2=O)cc1. The predicted molar refractivity (Wildman–Crippen MR) is 118 cm³/mol. The number of anilines is 1. The van der Waals surface area contributed by atoms with E-state index in [4.69, 9.17) is 0 Å². The number of hydrogen-bond acceptors (Lipinski definition) is 6. The Bertz CT molecular complexity index is 989. The highest BCUT2D eigenvalue weighted by atomic mass is 32.2. The van der Waals surface area contributed by atoms with Crippen molar-refractivity contribution in [1.29, 1.82) is 0 Å². The number of carbonyl (C=O) groups is 3. The standard InChI is InChI=1S/C22H22N4O3S/c1-24(2)17-10-8-16(9-11-17)19-12-18(15-6-4-3-5-7-15)23-26(19)20(27)13-25-21(28)14-30-22(25)29/h3-11,19H,12-14H2,1-2H3.